The molecule has 9 heteroatoms. The second kappa shape index (κ2) is 8.43. The van der Waals surface area contributed by atoms with Crippen LogP contribution in [-0.4, -0.2) is 66.7 Å². The lowest BCUT2D eigenvalue weighted by atomic mass is 9.87. The quantitative estimate of drug-likeness (QED) is 0.645. The van der Waals surface area contributed by atoms with E-state index in [2.05, 4.69) is 10.6 Å². The van der Waals surface area contributed by atoms with Gasteiger partial charge in [-0.1, -0.05) is 0 Å². The third kappa shape index (κ3) is 5.23. The number of hydrogen-bond donors (Lipinski definition) is 2. The molecule has 3 aliphatic rings. The van der Waals surface area contributed by atoms with E-state index >= 15 is 0 Å². The van der Waals surface area contributed by atoms with Crippen molar-refractivity contribution in [1.29, 1.82) is 0 Å². The van der Waals surface area contributed by atoms with Gasteiger partial charge in [0, 0.05) is 19.0 Å². The van der Waals surface area contributed by atoms with Gasteiger partial charge in [0.1, 0.15) is 17.7 Å². The van der Waals surface area contributed by atoms with Gasteiger partial charge in [-0.15, -0.1) is 0 Å². The summed E-state index contributed by atoms with van der Waals surface area (Å²) >= 11 is 0. The molecule has 2 aliphatic heterocycles. The zero-order valence-corrected chi connectivity index (χ0v) is 18.3. The fourth-order valence-electron chi connectivity index (χ4n) is 4.32. The van der Waals surface area contributed by atoms with Gasteiger partial charge in [-0.05, 0) is 64.7 Å². The minimum absolute atomic E-state index is 0.104. The largest absolute Gasteiger partial charge is 0.467 e. The summed E-state index contributed by atoms with van der Waals surface area (Å²) in [5.41, 5.74) is -0.566. The van der Waals surface area contributed by atoms with Crippen LogP contribution in [0.5, 0.6) is 0 Å². The number of likely N-dealkylation sites (tertiary alicyclic amines) is 1. The highest BCUT2D eigenvalue weighted by Gasteiger charge is 2.52. The van der Waals surface area contributed by atoms with Gasteiger partial charge in [0.2, 0.25) is 11.8 Å². The number of rotatable bonds is 5. The molecule has 1 aliphatic carbocycles. The van der Waals surface area contributed by atoms with Gasteiger partial charge < -0.3 is 20.1 Å². The summed E-state index contributed by atoms with van der Waals surface area (Å²) in [4.78, 5) is 51.6. The van der Waals surface area contributed by atoms with Crippen LogP contribution in [0.25, 0.3) is 0 Å². The van der Waals surface area contributed by atoms with Crippen molar-refractivity contribution in [3.63, 3.8) is 0 Å². The van der Waals surface area contributed by atoms with E-state index in [0.29, 0.717) is 25.9 Å². The number of carbonyl (C=O) groups is 4. The number of amides is 3. The predicted molar refractivity (Wildman–Crippen MR) is 107 cm³/mol. The summed E-state index contributed by atoms with van der Waals surface area (Å²) in [7, 11) is 1.25. The van der Waals surface area contributed by atoms with E-state index in [0.717, 1.165) is 19.3 Å². The van der Waals surface area contributed by atoms with E-state index in [9.17, 15) is 19.2 Å². The van der Waals surface area contributed by atoms with Crippen molar-refractivity contribution in [1.82, 2.24) is 15.5 Å². The van der Waals surface area contributed by atoms with E-state index in [1.54, 1.807) is 20.8 Å². The Bertz CT molecular complexity index is 712. The third-order valence-electron chi connectivity index (χ3n) is 6.26. The number of ether oxygens (including phenoxy) is 2. The number of piperidine rings is 1. The minimum Gasteiger partial charge on any atom is -0.467 e. The first-order valence-corrected chi connectivity index (χ1v) is 10.7. The van der Waals surface area contributed by atoms with Crippen molar-refractivity contribution in [2.45, 2.75) is 77.0 Å². The SMILES string of the molecule is COC(=O)C(CC1CCNC1=O)NC(=O)C1CC2(CCN1C(=O)OC(C)(C)C)CC2. The second-order valence-corrected chi connectivity index (χ2v) is 9.74. The predicted octanol–water partition coefficient (Wildman–Crippen LogP) is 1.35. The van der Waals surface area contributed by atoms with Crippen LogP contribution in [0.4, 0.5) is 4.79 Å². The maximum atomic E-state index is 13.2. The first-order valence-electron chi connectivity index (χ1n) is 10.7. The van der Waals surface area contributed by atoms with Crippen molar-refractivity contribution in [3.8, 4) is 0 Å². The summed E-state index contributed by atoms with van der Waals surface area (Å²) in [5.74, 6) is -1.47. The highest BCUT2D eigenvalue weighted by Crippen LogP contribution is 2.55. The average Bonchev–Trinajstić information content (AvgIpc) is 3.29. The summed E-state index contributed by atoms with van der Waals surface area (Å²) in [5, 5.41) is 5.49. The highest BCUT2D eigenvalue weighted by molar-refractivity contribution is 5.90. The molecule has 0 bridgehead atoms. The number of nitrogens with zero attached hydrogens (tertiary/aromatic N) is 1. The van der Waals surface area contributed by atoms with Gasteiger partial charge >= 0.3 is 12.1 Å². The Morgan fingerprint density at radius 2 is 1.97 bits per heavy atom. The van der Waals surface area contributed by atoms with Gasteiger partial charge in [-0.3, -0.25) is 14.5 Å². The molecule has 9 nitrogen and oxygen atoms in total. The summed E-state index contributed by atoms with van der Waals surface area (Å²) in [6.45, 7) is 6.36. The van der Waals surface area contributed by atoms with E-state index in [1.807, 2.05) is 0 Å². The van der Waals surface area contributed by atoms with Crippen molar-refractivity contribution >= 4 is 23.9 Å². The molecule has 1 spiro atoms. The van der Waals surface area contributed by atoms with Crippen LogP contribution in [0.3, 0.4) is 0 Å². The Morgan fingerprint density at radius 3 is 2.50 bits per heavy atom. The monoisotopic (exact) mass is 423 g/mol. The average molecular weight is 424 g/mol. The van der Waals surface area contributed by atoms with E-state index in [-0.39, 0.29) is 23.7 Å². The van der Waals surface area contributed by atoms with Gasteiger partial charge in [-0.2, -0.15) is 0 Å². The van der Waals surface area contributed by atoms with Crippen LogP contribution in [0.2, 0.25) is 0 Å². The highest BCUT2D eigenvalue weighted by atomic mass is 16.6. The normalized spacial score (nSPS) is 26.0. The summed E-state index contributed by atoms with van der Waals surface area (Å²) in [6.07, 6.45) is 3.74. The third-order valence-corrected chi connectivity index (χ3v) is 6.26. The molecule has 2 heterocycles. The number of nitrogens with one attached hydrogen (secondary N) is 2. The second-order valence-electron chi connectivity index (χ2n) is 9.74. The lowest BCUT2D eigenvalue weighted by molar-refractivity contribution is -0.146. The first-order chi connectivity index (χ1) is 14.0. The Hall–Kier alpha value is -2.32. The minimum atomic E-state index is -0.936. The lowest BCUT2D eigenvalue weighted by Crippen LogP contribution is -2.57. The smallest absolute Gasteiger partial charge is 0.410 e. The molecular weight excluding hydrogens is 390 g/mol. The molecule has 3 rings (SSSR count). The molecule has 0 aromatic rings. The van der Waals surface area contributed by atoms with E-state index in [4.69, 9.17) is 9.47 Å². The maximum Gasteiger partial charge on any atom is 0.410 e. The van der Waals surface area contributed by atoms with Crippen molar-refractivity contribution < 1.29 is 28.7 Å². The Morgan fingerprint density at radius 1 is 1.27 bits per heavy atom. The molecule has 2 N–H and O–H groups in total. The van der Waals surface area contributed by atoms with Crippen LogP contribution in [0.1, 0.15) is 59.3 Å². The topological polar surface area (TPSA) is 114 Å². The number of methoxy groups -OCH3 is 1. The Balaban J connectivity index is 1.72. The number of esters is 1. The molecule has 1 saturated carbocycles. The maximum absolute atomic E-state index is 13.2. The standard InChI is InChI=1S/C21H33N3O6/c1-20(2,3)30-19(28)24-10-8-21(6-7-21)12-15(24)17(26)23-14(18(27)29-4)11-13-5-9-22-16(13)25/h13-15H,5-12H2,1-4H3,(H,22,25)(H,23,26). The lowest BCUT2D eigenvalue weighted by Gasteiger charge is -2.39. The Kier molecular flexibility index (Phi) is 6.29. The van der Waals surface area contributed by atoms with Crippen molar-refractivity contribution in [3.05, 3.63) is 0 Å². The summed E-state index contributed by atoms with van der Waals surface area (Å²) in [6, 6.07) is -1.64. The van der Waals surface area contributed by atoms with Crippen LogP contribution in [0, 0.1) is 11.3 Å². The van der Waals surface area contributed by atoms with Crippen LogP contribution in [-0.2, 0) is 23.9 Å². The van der Waals surface area contributed by atoms with Gasteiger partial charge in [0.15, 0.2) is 0 Å². The molecule has 0 aromatic carbocycles. The molecule has 168 valence electrons. The van der Waals surface area contributed by atoms with Gasteiger partial charge in [-0.25, -0.2) is 9.59 Å². The van der Waals surface area contributed by atoms with Crippen molar-refractivity contribution in [2.24, 2.45) is 11.3 Å². The van der Waals surface area contributed by atoms with Gasteiger partial charge in [0.05, 0.1) is 7.11 Å². The molecule has 3 fully saturated rings. The summed E-state index contributed by atoms with van der Waals surface area (Å²) < 4.78 is 10.4. The fraction of sp³-hybridized carbons (Fsp3) is 0.810. The van der Waals surface area contributed by atoms with E-state index in [1.165, 1.54) is 12.0 Å². The molecule has 2 saturated heterocycles. The Labute approximate surface area is 177 Å². The number of hydrogen-bond acceptors (Lipinski definition) is 6. The molecule has 3 unspecified atom stereocenters. The first kappa shape index (κ1) is 22.4. The molecule has 3 amide bonds. The molecular formula is C21H33N3O6. The van der Waals surface area contributed by atoms with E-state index < -0.39 is 35.7 Å². The zero-order valence-electron chi connectivity index (χ0n) is 18.3. The number of carbonyl (C=O) groups excluding carboxylic acids is 4. The molecule has 0 radical (unpaired) electrons. The van der Waals surface area contributed by atoms with Gasteiger partial charge in [0.25, 0.3) is 0 Å². The zero-order chi connectivity index (χ0) is 22.1. The molecule has 30 heavy (non-hydrogen) atoms. The van der Waals surface area contributed by atoms with Crippen LogP contribution < -0.4 is 10.6 Å². The van der Waals surface area contributed by atoms with Crippen LogP contribution >= 0.6 is 0 Å². The fourth-order valence-corrected chi connectivity index (χ4v) is 4.32. The molecule has 3 atom stereocenters. The van der Waals surface area contributed by atoms with Crippen LogP contribution in [0.15, 0.2) is 0 Å². The van der Waals surface area contributed by atoms with Crippen molar-refractivity contribution in [2.75, 3.05) is 20.2 Å². The molecule has 0 aromatic heterocycles.